The molecule has 5 nitrogen and oxygen atoms in total. The standard InChI is InChI=1S/C14H22N2O3S/c1-9-8-13(15)11(3)14(10(9)2)20(17,18)16-12-4-6-19-7-5-12/h8,12,16H,4-7,15H2,1-3H3. The maximum absolute atomic E-state index is 12.6. The highest BCUT2D eigenvalue weighted by molar-refractivity contribution is 7.89. The van der Waals surface area contributed by atoms with Crippen molar-refractivity contribution in [2.75, 3.05) is 18.9 Å². The molecule has 1 saturated heterocycles. The van der Waals surface area contributed by atoms with Gasteiger partial charge in [-0.25, -0.2) is 13.1 Å². The summed E-state index contributed by atoms with van der Waals surface area (Å²) in [5.41, 5.74) is 8.69. The Morgan fingerprint density at radius 1 is 1.20 bits per heavy atom. The van der Waals surface area contributed by atoms with Crippen LogP contribution in [0.4, 0.5) is 5.69 Å². The van der Waals surface area contributed by atoms with Crippen LogP contribution in [-0.4, -0.2) is 27.7 Å². The lowest BCUT2D eigenvalue weighted by Gasteiger charge is -2.24. The SMILES string of the molecule is Cc1cc(N)c(C)c(S(=O)(=O)NC2CCOCC2)c1C. The maximum Gasteiger partial charge on any atom is 0.241 e. The zero-order valence-corrected chi connectivity index (χ0v) is 13.0. The van der Waals surface area contributed by atoms with Crippen LogP contribution in [0.15, 0.2) is 11.0 Å². The molecule has 1 aliphatic heterocycles. The lowest BCUT2D eigenvalue weighted by molar-refractivity contribution is 0.0832. The lowest BCUT2D eigenvalue weighted by atomic mass is 10.1. The van der Waals surface area contributed by atoms with E-state index < -0.39 is 10.0 Å². The first kappa shape index (κ1) is 15.3. The van der Waals surface area contributed by atoms with E-state index in [1.165, 1.54) is 0 Å². The minimum Gasteiger partial charge on any atom is -0.398 e. The number of nitrogens with two attached hydrogens (primary N) is 1. The zero-order valence-electron chi connectivity index (χ0n) is 12.2. The number of sulfonamides is 1. The van der Waals surface area contributed by atoms with Crippen LogP contribution in [0.2, 0.25) is 0 Å². The van der Waals surface area contributed by atoms with Crippen molar-refractivity contribution in [2.45, 2.75) is 44.6 Å². The predicted molar refractivity (Wildman–Crippen MR) is 79.2 cm³/mol. The zero-order chi connectivity index (χ0) is 14.9. The first-order valence-corrected chi connectivity index (χ1v) is 8.27. The third-order valence-corrected chi connectivity index (χ3v) is 5.68. The molecule has 0 radical (unpaired) electrons. The van der Waals surface area contributed by atoms with E-state index in [-0.39, 0.29) is 6.04 Å². The van der Waals surface area contributed by atoms with E-state index in [1.807, 2.05) is 19.9 Å². The number of hydrogen-bond acceptors (Lipinski definition) is 4. The summed E-state index contributed by atoms with van der Waals surface area (Å²) < 4.78 is 33.3. The van der Waals surface area contributed by atoms with Crippen molar-refractivity contribution in [1.82, 2.24) is 4.72 Å². The molecule has 112 valence electrons. The van der Waals surface area contributed by atoms with Gasteiger partial charge in [-0.1, -0.05) is 0 Å². The van der Waals surface area contributed by atoms with Crippen molar-refractivity contribution in [3.05, 3.63) is 22.8 Å². The van der Waals surface area contributed by atoms with Gasteiger partial charge in [-0.2, -0.15) is 0 Å². The molecule has 1 aromatic rings. The Balaban J connectivity index is 2.38. The second-order valence-corrected chi connectivity index (χ2v) is 7.02. The number of hydrogen-bond donors (Lipinski definition) is 2. The van der Waals surface area contributed by atoms with Crippen molar-refractivity contribution in [3.63, 3.8) is 0 Å². The minimum absolute atomic E-state index is 0.0608. The van der Waals surface area contributed by atoms with Gasteiger partial charge in [0.2, 0.25) is 10.0 Å². The van der Waals surface area contributed by atoms with Crippen LogP contribution in [0.25, 0.3) is 0 Å². The Kier molecular flexibility index (Phi) is 4.36. The molecule has 2 rings (SSSR count). The van der Waals surface area contributed by atoms with Gasteiger partial charge in [0.05, 0.1) is 4.90 Å². The Labute approximate surface area is 120 Å². The van der Waals surface area contributed by atoms with Crippen LogP contribution in [0.5, 0.6) is 0 Å². The van der Waals surface area contributed by atoms with Gasteiger partial charge in [0.1, 0.15) is 0 Å². The third kappa shape index (κ3) is 2.97. The number of nitrogen functional groups attached to an aromatic ring is 1. The van der Waals surface area contributed by atoms with Crippen molar-refractivity contribution >= 4 is 15.7 Å². The van der Waals surface area contributed by atoms with Crippen LogP contribution in [0.1, 0.15) is 29.5 Å². The Hall–Kier alpha value is -1.11. The van der Waals surface area contributed by atoms with Crippen molar-refractivity contribution in [3.8, 4) is 0 Å². The van der Waals surface area contributed by atoms with Crippen LogP contribution in [0.3, 0.4) is 0 Å². The molecule has 20 heavy (non-hydrogen) atoms. The molecule has 0 saturated carbocycles. The summed E-state index contributed by atoms with van der Waals surface area (Å²) in [4.78, 5) is 0.321. The quantitative estimate of drug-likeness (QED) is 0.831. The molecule has 0 amide bonds. The van der Waals surface area contributed by atoms with E-state index in [9.17, 15) is 8.42 Å². The number of anilines is 1. The Morgan fingerprint density at radius 2 is 1.80 bits per heavy atom. The van der Waals surface area contributed by atoms with Gasteiger partial charge in [-0.15, -0.1) is 0 Å². The summed E-state index contributed by atoms with van der Waals surface area (Å²) in [5.74, 6) is 0. The molecule has 3 N–H and O–H groups in total. The number of ether oxygens (including phenoxy) is 1. The minimum atomic E-state index is -3.55. The number of aryl methyl sites for hydroxylation is 1. The maximum atomic E-state index is 12.6. The second kappa shape index (κ2) is 5.71. The second-order valence-electron chi connectivity index (χ2n) is 5.37. The third-order valence-electron chi connectivity index (χ3n) is 3.89. The van der Waals surface area contributed by atoms with Crippen LogP contribution in [0, 0.1) is 20.8 Å². The molecular formula is C14H22N2O3S. The molecule has 1 aliphatic rings. The van der Waals surface area contributed by atoms with Gasteiger partial charge in [-0.3, -0.25) is 0 Å². The molecule has 1 fully saturated rings. The van der Waals surface area contributed by atoms with E-state index >= 15 is 0 Å². The molecule has 6 heteroatoms. The number of rotatable bonds is 3. The highest BCUT2D eigenvalue weighted by atomic mass is 32.2. The molecular weight excluding hydrogens is 276 g/mol. The topological polar surface area (TPSA) is 81.4 Å². The van der Waals surface area contributed by atoms with Gasteiger partial charge in [0.15, 0.2) is 0 Å². The Morgan fingerprint density at radius 3 is 2.40 bits per heavy atom. The molecule has 0 atom stereocenters. The summed E-state index contributed by atoms with van der Waals surface area (Å²) >= 11 is 0. The van der Waals surface area contributed by atoms with Crippen LogP contribution in [-0.2, 0) is 14.8 Å². The first-order valence-electron chi connectivity index (χ1n) is 6.79. The first-order chi connectivity index (χ1) is 9.33. The largest absolute Gasteiger partial charge is 0.398 e. The molecule has 0 aromatic heterocycles. The molecule has 0 spiro atoms. The monoisotopic (exact) mass is 298 g/mol. The number of benzene rings is 1. The highest BCUT2D eigenvalue weighted by Gasteiger charge is 2.26. The predicted octanol–water partition coefficient (Wildman–Crippen LogP) is 1.65. The van der Waals surface area contributed by atoms with E-state index in [0.717, 1.165) is 11.1 Å². The van der Waals surface area contributed by atoms with Gasteiger partial charge >= 0.3 is 0 Å². The summed E-state index contributed by atoms with van der Waals surface area (Å²) in [6, 6.07) is 1.76. The molecule has 1 heterocycles. The Bertz CT molecular complexity index is 579. The summed E-state index contributed by atoms with van der Waals surface area (Å²) in [7, 11) is -3.55. The summed E-state index contributed by atoms with van der Waals surface area (Å²) in [5, 5.41) is 0. The van der Waals surface area contributed by atoms with Crippen LogP contribution < -0.4 is 10.5 Å². The van der Waals surface area contributed by atoms with Gasteiger partial charge in [0, 0.05) is 24.9 Å². The average Bonchev–Trinajstić information content (AvgIpc) is 2.37. The van der Waals surface area contributed by atoms with Crippen molar-refractivity contribution in [2.24, 2.45) is 0 Å². The van der Waals surface area contributed by atoms with Gasteiger partial charge < -0.3 is 10.5 Å². The molecule has 0 bridgehead atoms. The van der Waals surface area contributed by atoms with Gasteiger partial charge in [0.25, 0.3) is 0 Å². The highest BCUT2D eigenvalue weighted by Crippen LogP contribution is 2.28. The van der Waals surface area contributed by atoms with Crippen molar-refractivity contribution < 1.29 is 13.2 Å². The lowest BCUT2D eigenvalue weighted by Crippen LogP contribution is -2.39. The van der Waals surface area contributed by atoms with Gasteiger partial charge in [-0.05, 0) is 56.4 Å². The van der Waals surface area contributed by atoms with E-state index in [4.69, 9.17) is 10.5 Å². The fraction of sp³-hybridized carbons (Fsp3) is 0.571. The van der Waals surface area contributed by atoms with E-state index in [1.54, 1.807) is 6.92 Å². The fourth-order valence-corrected chi connectivity index (χ4v) is 4.42. The molecule has 1 aromatic carbocycles. The normalized spacial score (nSPS) is 17.4. The summed E-state index contributed by atoms with van der Waals surface area (Å²) in [6.45, 7) is 6.64. The van der Waals surface area contributed by atoms with E-state index in [0.29, 0.717) is 42.2 Å². The number of nitrogens with one attached hydrogen (secondary N) is 1. The fourth-order valence-electron chi connectivity index (χ4n) is 2.54. The molecule has 0 unspecified atom stereocenters. The van der Waals surface area contributed by atoms with E-state index in [2.05, 4.69) is 4.72 Å². The van der Waals surface area contributed by atoms with Crippen molar-refractivity contribution in [1.29, 1.82) is 0 Å². The average molecular weight is 298 g/mol. The summed E-state index contributed by atoms with van der Waals surface area (Å²) in [6.07, 6.45) is 1.41. The molecule has 0 aliphatic carbocycles. The van der Waals surface area contributed by atoms with Crippen LogP contribution >= 0.6 is 0 Å². The smallest absolute Gasteiger partial charge is 0.241 e.